The molecule has 6 heteroatoms. The number of esters is 1. The first-order valence-electron chi connectivity index (χ1n) is 8.72. The number of carbonyl (C=O) groups excluding carboxylic acids is 2. The van der Waals surface area contributed by atoms with Crippen molar-refractivity contribution >= 4 is 18.0 Å². The zero-order valence-corrected chi connectivity index (χ0v) is 15.9. The molecule has 2 aromatic rings. The van der Waals surface area contributed by atoms with Gasteiger partial charge in [0.2, 0.25) is 0 Å². The number of aromatic amines is 1. The molecule has 1 aromatic heterocycles. The fourth-order valence-electron chi connectivity index (χ4n) is 2.82. The van der Waals surface area contributed by atoms with E-state index in [2.05, 4.69) is 10.3 Å². The number of ether oxygens (including phenoxy) is 1. The molecule has 140 valence electrons. The summed E-state index contributed by atoms with van der Waals surface area (Å²) in [6, 6.07) is 11.2. The van der Waals surface area contributed by atoms with Crippen molar-refractivity contribution in [1.82, 2.24) is 10.3 Å². The summed E-state index contributed by atoms with van der Waals surface area (Å²) in [6.45, 7) is 7.37. The Hall–Kier alpha value is -3.33. The van der Waals surface area contributed by atoms with E-state index in [1.807, 2.05) is 43.3 Å². The van der Waals surface area contributed by atoms with Crippen LogP contribution in [-0.4, -0.2) is 23.5 Å². The number of H-pyrrole nitrogens is 1. The fraction of sp³-hybridized carbons (Fsp3) is 0.286. The minimum absolute atomic E-state index is 0.0439. The average Bonchev–Trinajstić information content (AvgIpc) is 2.93. The highest BCUT2D eigenvalue weighted by Crippen LogP contribution is 2.21. The summed E-state index contributed by atoms with van der Waals surface area (Å²) in [7, 11) is 0. The summed E-state index contributed by atoms with van der Waals surface area (Å²) in [5.74, 6) is -0.901. The predicted molar refractivity (Wildman–Crippen MR) is 103 cm³/mol. The van der Waals surface area contributed by atoms with Gasteiger partial charge in [-0.05, 0) is 44.9 Å². The first-order valence-corrected chi connectivity index (χ1v) is 8.72. The zero-order chi connectivity index (χ0) is 20.0. The molecule has 0 aliphatic carbocycles. The number of nitrogens with one attached hydrogen (secondary N) is 2. The lowest BCUT2D eigenvalue weighted by atomic mass is 10.1. The van der Waals surface area contributed by atoms with Gasteiger partial charge < -0.3 is 15.0 Å². The minimum atomic E-state index is -0.474. The van der Waals surface area contributed by atoms with Crippen LogP contribution in [0.1, 0.15) is 52.8 Å². The predicted octanol–water partition coefficient (Wildman–Crippen LogP) is 3.59. The Balaban J connectivity index is 2.26. The molecule has 0 fully saturated rings. The maximum Gasteiger partial charge on any atom is 0.340 e. The Morgan fingerprint density at radius 3 is 2.56 bits per heavy atom. The van der Waals surface area contributed by atoms with Gasteiger partial charge in [0.05, 0.1) is 18.2 Å². The van der Waals surface area contributed by atoms with E-state index in [4.69, 9.17) is 4.74 Å². The van der Waals surface area contributed by atoms with E-state index < -0.39 is 11.9 Å². The van der Waals surface area contributed by atoms with Crippen LogP contribution in [0.5, 0.6) is 0 Å². The number of aromatic nitrogens is 1. The summed E-state index contributed by atoms with van der Waals surface area (Å²) in [5.41, 5.74) is 3.14. The zero-order valence-electron chi connectivity index (χ0n) is 15.9. The van der Waals surface area contributed by atoms with Crippen molar-refractivity contribution in [2.75, 3.05) is 6.61 Å². The topological polar surface area (TPSA) is 95.0 Å². The number of hydrogen-bond donors (Lipinski definition) is 2. The molecule has 0 aliphatic heterocycles. The van der Waals surface area contributed by atoms with E-state index in [1.165, 1.54) is 6.08 Å². The summed E-state index contributed by atoms with van der Waals surface area (Å²) in [4.78, 5) is 27.6. The molecule has 6 nitrogen and oxygen atoms in total. The van der Waals surface area contributed by atoms with E-state index in [0.717, 1.165) is 5.56 Å². The van der Waals surface area contributed by atoms with Crippen LogP contribution in [0, 0.1) is 25.2 Å². The van der Waals surface area contributed by atoms with Crippen molar-refractivity contribution < 1.29 is 14.3 Å². The van der Waals surface area contributed by atoms with E-state index in [0.29, 0.717) is 22.5 Å². The molecule has 1 heterocycles. The highest BCUT2D eigenvalue weighted by molar-refractivity contribution is 6.02. The van der Waals surface area contributed by atoms with Gasteiger partial charge in [-0.15, -0.1) is 0 Å². The standard InChI is InChI=1S/C21H23N3O3/c1-5-27-21(26)19-13(2)18(23-15(19)4)11-17(12-22)20(25)24-14(3)16-9-7-6-8-10-16/h6-11,14,23H,5H2,1-4H3,(H,24,25)/b17-11+/t14-/m1/s1. The molecule has 0 radical (unpaired) electrons. The molecule has 0 saturated carbocycles. The lowest BCUT2D eigenvalue weighted by Gasteiger charge is -2.13. The molecule has 2 rings (SSSR count). The maximum absolute atomic E-state index is 12.5. The molecule has 0 bridgehead atoms. The Bertz CT molecular complexity index is 905. The summed E-state index contributed by atoms with van der Waals surface area (Å²) in [6.07, 6.45) is 1.46. The molecule has 1 aromatic carbocycles. The summed E-state index contributed by atoms with van der Waals surface area (Å²) < 4.78 is 5.06. The van der Waals surface area contributed by atoms with Crippen LogP contribution in [0.25, 0.3) is 6.08 Å². The summed E-state index contributed by atoms with van der Waals surface area (Å²) in [5, 5.41) is 12.2. The van der Waals surface area contributed by atoms with Gasteiger partial charge in [-0.1, -0.05) is 30.3 Å². The third-order valence-electron chi connectivity index (χ3n) is 4.26. The molecular formula is C21H23N3O3. The van der Waals surface area contributed by atoms with Crippen LogP contribution in [0.3, 0.4) is 0 Å². The second-order valence-corrected chi connectivity index (χ2v) is 6.16. The van der Waals surface area contributed by atoms with E-state index in [-0.39, 0.29) is 18.2 Å². The first-order chi connectivity index (χ1) is 12.9. The van der Waals surface area contributed by atoms with Crippen molar-refractivity contribution in [1.29, 1.82) is 5.26 Å². The monoisotopic (exact) mass is 365 g/mol. The number of rotatable bonds is 6. The van der Waals surface area contributed by atoms with Gasteiger partial charge in [-0.3, -0.25) is 4.79 Å². The molecule has 0 unspecified atom stereocenters. The van der Waals surface area contributed by atoms with Crippen molar-refractivity contribution in [2.45, 2.75) is 33.7 Å². The van der Waals surface area contributed by atoms with E-state index in [9.17, 15) is 14.9 Å². The van der Waals surface area contributed by atoms with Gasteiger partial charge in [-0.2, -0.15) is 5.26 Å². The van der Waals surface area contributed by atoms with E-state index in [1.54, 1.807) is 20.8 Å². The molecular weight excluding hydrogens is 342 g/mol. The Kier molecular flexibility index (Phi) is 6.56. The van der Waals surface area contributed by atoms with Crippen LogP contribution in [0.15, 0.2) is 35.9 Å². The smallest absolute Gasteiger partial charge is 0.340 e. The summed E-state index contributed by atoms with van der Waals surface area (Å²) >= 11 is 0. The number of amides is 1. The molecule has 1 amide bonds. The van der Waals surface area contributed by atoms with Crippen molar-refractivity contribution in [3.63, 3.8) is 0 Å². The van der Waals surface area contributed by atoms with Crippen LogP contribution in [0.2, 0.25) is 0 Å². The average molecular weight is 365 g/mol. The number of carbonyl (C=O) groups is 2. The van der Waals surface area contributed by atoms with Crippen LogP contribution < -0.4 is 5.32 Å². The van der Waals surface area contributed by atoms with Crippen LogP contribution in [-0.2, 0) is 9.53 Å². The number of hydrogen-bond acceptors (Lipinski definition) is 4. The quantitative estimate of drug-likeness (QED) is 0.464. The molecule has 0 saturated heterocycles. The highest BCUT2D eigenvalue weighted by Gasteiger charge is 2.20. The Morgan fingerprint density at radius 1 is 1.30 bits per heavy atom. The van der Waals surface area contributed by atoms with Gasteiger partial charge in [0, 0.05) is 11.4 Å². The Morgan fingerprint density at radius 2 is 1.96 bits per heavy atom. The second kappa shape index (κ2) is 8.86. The lowest BCUT2D eigenvalue weighted by Crippen LogP contribution is -2.27. The highest BCUT2D eigenvalue weighted by atomic mass is 16.5. The molecule has 2 N–H and O–H groups in total. The van der Waals surface area contributed by atoms with Crippen molar-refractivity contribution in [3.8, 4) is 6.07 Å². The van der Waals surface area contributed by atoms with Crippen molar-refractivity contribution in [3.05, 3.63) is 64.0 Å². The molecule has 0 aliphatic rings. The van der Waals surface area contributed by atoms with Gasteiger partial charge >= 0.3 is 5.97 Å². The molecule has 0 spiro atoms. The first kappa shape index (κ1) is 20.0. The number of benzene rings is 1. The largest absolute Gasteiger partial charge is 0.462 e. The van der Waals surface area contributed by atoms with Crippen molar-refractivity contribution in [2.24, 2.45) is 0 Å². The number of aryl methyl sites for hydroxylation is 1. The third kappa shape index (κ3) is 4.64. The number of nitrogens with zero attached hydrogens (tertiary/aromatic N) is 1. The molecule has 27 heavy (non-hydrogen) atoms. The molecule has 1 atom stereocenters. The van der Waals surface area contributed by atoms with E-state index >= 15 is 0 Å². The second-order valence-electron chi connectivity index (χ2n) is 6.16. The van der Waals surface area contributed by atoms with Crippen LogP contribution in [0.4, 0.5) is 0 Å². The third-order valence-corrected chi connectivity index (χ3v) is 4.26. The van der Waals surface area contributed by atoms with Gasteiger partial charge in [0.1, 0.15) is 11.6 Å². The van der Waals surface area contributed by atoms with Gasteiger partial charge in [0.25, 0.3) is 5.91 Å². The maximum atomic E-state index is 12.5. The normalized spacial score (nSPS) is 12.2. The van der Waals surface area contributed by atoms with Gasteiger partial charge in [-0.25, -0.2) is 4.79 Å². The Labute approximate surface area is 158 Å². The minimum Gasteiger partial charge on any atom is -0.462 e. The fourth-order valence-corrected chi connectivity index (χ4v) is 2.82. The lowest BCUT2D eigenvalue weighted by molar-refractivity contribution is -0.117. The number of nitriles is 1. The van der Waals surface area contributed by atoms with Crippen LogP contribution >= 0.6 is 0 Å². The SMILES string of the molecule is CCOC(=O)c1c(C)[nH]c(/C=C(\C#N)C(=O)N[C@H](C)c2ccccc2)c1C. The van der Waals surface area contributed by atoms with Gasteiger partial charge in [0.15, 0.2) is 0 Å².